The minimum Gasteiger partial charge on any atom is -0.119 e. The van der Waals surface area contributed by atoms with Gasteiger partial charge < -0.3 is 0 Å². The fraction of sp³-hybridized carbons (Fsp3) is 1.00. The first-order chi connectivity index (χ1) is 4.93. The number of alkyl halides is 1. The van der Waals surface area contributed by atoms with E-state index in [0.29, 0.717) is 5.92 Å². The number of hydrogen-bond donors (Lipinski definition) is 0. The SMILES string of the molecule is CC1CC(C)C(C)C(C)(Cl)C1. The Morgan fingerprint density at radius 3 is 2.27 bits per heavy atom. The summed E-state index contributed by atoms with van der Waals surface area (Å²) in [5, 5.41) is 0. The van der Waals surface area contributed by atoms with Crippen LogP contribution in [0.15, 0.2) is 0 Å². The Morgan fingerprint density at radius 2 is 1.82 bits per heavy atom. The molecule has 1 fully saturated rings. The van der Waals surface area contributed by atoms with Gasteiger partial charge in [-0.15, -0.1) is 11.6 Å². The number of hydrogen-bond acceptors (Lipinski definition) is 0. The molecule has 0 heterocycles. The van der Waals surface area contributed by atoms with Gasteiger partial charge >= 0.3 is 0 Å². The molecule has 0 aliphatic heterocycles. The Kier molecular flexibility index (Phi) is 2.53. The van der Waals surface area contributed by atoms with Crippen molar-refractivity contribution in [2.24, 2.45) is 17.8 Å². The van der Waals surface area contributed by atoms with E-state index in [9.17, 15) is 0 Å². The molecule has 0 N–H and O–H groups in total. The van der Waals surface area contributed by atoms with E-state index in [2.05, 4.69) is 27.7 Å². The third kappa shape index (κ3) is 1.90. The highest BCUT2D eigenvalue weighted by molar-refractivity contribution is 6.23. The highest BCUT2D eigenvalue weighted by atomic mass is 35.5. The summed E-state index contributed by atoms with van der Waals surface area (Å²) in [4.78, 5) is 0.0527. The van der Waals surface area contributed by atoms with Gasteiger partial charge in [-0.25, -0.2) is 0 Å². The van der Waals surface area contributed by atoms with Crippen molar-refractivity contribution in [1.82, 2.24) is 0 Å². The third-order valence-electron chi connectivity index (χ3n) is 3.32. The highest BCUT2D eigenvalue weighted by Crippen LogP contribution is 2.44. The van der Waals surface area contributed by atoms with Gasteiger partial charge in [-0.1, -0.05) is 20.8 Å². The van der Waals surface area contributed by atoms with Crippen molar-refractivity contribution in [1.29, 1.82) is 0 Å². The Hall–Kier alpha value is 0.290. The van der Waals surface area contributed by atoms with Crippen molar-refractivity contribution in [3.63, 3.8) is 0 Å². The van der Waals surface area contributed by atoms with Gasteiger partial charge in [0.15, 0.2) is 0 Å². The van der Waals surface area contributed by atoms with Gasteiger partial charge in [0.05, 0.1) is 0 Å². The molecule has 1 aliphatic carbocycles. The first kappa shape index (κ1) is 9.38. The number of halogens is 1. The Labute approximate surface area is 75.3 Å². The summed E-state index contributed by atoms with van der Waals surface area (Å²) in [6, 6.07) is 0. The van der Waals surface area contributed by atoms with Crippen LogP contribution in [0.5, 0.6) is 0 Å². The largest absolute Gasteiger partial charge is 0.119 e. The topological polar surface area (TPSA) is 0 Å². The molecule has 0 nitrogen and oxygen atoms in total. The minimum atomic E-state index is 0.0527. The molecule has 4 atom stereocenters. The van der Waals surface area contributed by atoms with Crippen molar-refractivity contribution in [3.8, 4) is 0 Å². The van der Waals surface area contributed by atoms with Gasteiger partial charge in [0.1, 0.15) is 0 Å². The van der Waals surface area contributed by atoms with Crippen LogP contribution < -0.4 is 0 Å². The second-order valence-corrected chi connectivity index (χ2v) is 5.45. The van der Waals surface area contributed by atoms with Crippen molar-refractivity contribution in [2.75, 3.05) is 0 Å². The van der Waals surface area contributed by atoms with Crippen LogP contribution in [0.1, 0.15) is 40.5 Å². The van der Waals surface area contributed by atoms with E-state index in [1.165, 1.54) is 12.8 Å². The molecule has 0 aromatic rings. The molecule has 66 valence electrons. The van der Waals surface area contributed by atoms with E-state index in [-0.39, 0.29) is 4.87 Å². The molecule has 1 saturated carbocycles. The zero-order chi connectivity index (χ0) is 8.65. The smallest absolute Gasteiger partial charge is 0.0449 e. The summed E-state index contributed by atoms with van der Waals surface area (Å²) < 4.78 is 0. The van der Waals surface area contributed by atoms with Crippen LogP contribution in [0.25, 0.3) is 0 Å². The summed E-state index contributed by atoms with van der Waals surface area (Å²) >= 11 is 6.41. The molecule has 1 heteroatoms. The lowest BCUT2D eigenvalue weighted by Gasteiger charge is -2.41. The summed E-state index contributed by atoms with van der Waals surface area (Å²) in [6.45, 7) is 9.10. The standard InChI is InChI=1S/C10H19Cl/c1-7-5-8(2)9(3)10(4,11)6-7/h7-9H,5-6H2,1-4H3. The molecule has 1 rings (SSSR count). The maximum Gasteiger partial charge on any atom is 0.0449 e. The third-order valence-corrected chi connectivity index (χ3v) is 3.82. The Balaban J connectivity index is 2.67. The monoisotopic (exact) mass is 174 g/mol. The summed E-state index contributed by atoms with van der Waals surface area (Å²) in [5.41, 5.74) is 0. The van der Waals surface area contributed by atoms with Gasteiger partial charge in [0, 0.05) is 4.87 Å². The minimum absolute atomic E-state index is 0.0527. The van der Waals surface area contributed by atoms with E-state index >= 15 is 0 Å². The van der Waals surface area contributed by atoms with Crippen LogP contribution >= 0.6 is 11.6 Å². The molecule has 1 aliphatic rings. The molecule has 4 unspecified atom stereocenters. The highest BCUT2D eigenvalue weighted by Gasteiger charge is 2.38. The van der Waals surface area contributed by atoms with E-state index < -0.39 is 0 Å². The van der Waals surface area contributed by atoms with Gasteiger partial charge in [-0.3, -0.25) is 0 Å². The van der Waals surface area contributed by atoms with Gasteiger partial charge in [-0.05, 0) is 37.5 Å². The molecule has 0 aromatic carbocycles. The van der Waals surface area contributed by atoms with E-state index in [4.69, 9.17) is 11.6 Å². The van der Waals surface area contributed by atoms with Crippen molar-refractivity contribution in [3.05, 3.63) is 0 Å². The van der Waals surface area contributed by atoms with Crippen LogP contribution in [-0.2, 0) is 0 Å². The predicted octanol–water partition coefficient (Wildman–Crippen LogP) is 3.69. The lowest BCUT2D eigenvalue weighted by atomic mass is 9.70. The molecule has 0 spiro atoms. The van der Waals surface area contributed by atoms with Crippen molar-refractivity contribution in [2.45, 2.75) is 45.4 Å². The second-order valence-electron chi connectivity index (χ2n) is 4.59. The van der Waals surface area contributed by atoms with Crippen molar-refractivity contribution >= 4 is 11.6 Å². The predicted molar refractivity (Wildman–Crippen MR) is 51.0 cm³/mol. The summed E-state index contributed by atoms with van der Waals surface area (Å²) in [7, 11) is 0. The van der Waals surface area contributed by atoms with Crippen molar-refractivity contribution < 1.29 is 0 Å². The van der Waals surface area contributed by atoms with Gasteiger partial charge in [-0.2, -0.15) is 0 Å². The van der Waals surface area contributed by atoms with Crippen LogP contribution in [-0.4, -0.2) is 4.87 Å². The van der Waals surface area contributed by atoms with Crippen LogP contribution in [0.3, 0.4) is 0 Å². The van der Waals surface area contributed by atoms with E-state index in [1.807, 2.05) is 0 Å². The molecule has 0 bridgehead atoms. The zero-order valence-corrected chi connectivity index (χ0v) is 8.78. The zero-order valence-electron chi connectivity index (χ0n) is 8.02. The molecule has 0 aromatic heterocycles. The van der Waals surface area contributed by atoms with Gasteiger partial charge in [0.2, 0.25) is 0 Å². The first-order valence-electron chi connectivity index (χ1n) is 4.62. The second kappa shape index (κ2) is 2.97. The fourth-order valence-electron chi connectivity index (χ4n) is 2.38. The van der Waals surface area contributed by atoms with Crippen LogP contribution in [0.4, 0.5) is 0 Å². The Morgan fingerprint density at radius 1 is 1.27 bits per heavy atom. The van der Waals surface area contributed by atoms with E-state index in [1.54, 1.807) is 0 Å². The summed E-state index contributed by atoms with van der Waals surface area (Å²) in [5.74, 6) is 2.27. The first-order valence-corrected chi connectivity index (χ1v) is 5.00. The lowest BCUT2D eigenvalue weighted by molar-refractivity contribution is 0.171. The fourth-order valence-corrected chi connectivity index (χ4v) is 2.86. The quantitative estimate of drug-likeness (QED) is 0.492. The van der Waals surface area contributed by atoms with Crippen LogP contribution in [0, 0.1) is 17.8 Å². The molecule has 0 saturated heterocycles. The normalized spacial score (nSPS) is 52.6. The van der Waals surface area contributed by atoms with E-state index in [0.717, 1.165) is 11.8 Å². The molecular formula is C10H19Cl. The molecule has 0 radical (unpaired) electrons. The van der Waals surface area contributed by atoms with Gasteiger partial charge in [0.25, 0.3) is 0 Å². The average molecular weight is 175 g/mol. The molecule has 11 heavy (non-hydrogen) atoms. The summed E-state index contributed by atoms with van der Waals surface area (Å²) in [6.07, 6.45) is 2.53. The maximum atomic E-state index is 6.41. The molecular weight excluding hydrogens is 156 g/mol. The maximum absolute atomic E-state index is 6.41. The molecule has 0 amide bonds. The average Bonchev–Trinajstić information content (AvgIpc) is 1.81. The number of rotatable bonds is 0. The lowest BCUT2D eigenvalue weighted by Crippen LogP contribution is -2.38. The Bertz CT molecular complexity index is 140. The van der Waals surface area contributed by atoms with Crippen LogP contribution in [0.2, 0.25) is 0 Å².